The summed E-state index contributed by atoms with van der Waals surface area (Å²) in [5.41, 5.74) is 0. The molecule has 0 bridgehead atoms. The Balaban J connectivity index is 1.77. The predicted molar refractivity (Wildman–Crippen MR) is 118 cm³/mol. The van der Waals surface area contributed by atoms with E-state index in [4.69, 9.17) is 9.47 Å². The molecule has 3 N–H and O–H groups in total. The quantitative estimate of drug-likeness (QED) is 0.227. The molecule has 0 radical (unpaired) electrons. The summed E-state index contributed by atoms with van der Waals surface area (Å²) in [6, 6.07) is 0. The van der Waals surface area contributed by atoms with E-state index in [1.165, 1.54) is 83.5 Å². The Labute approximate surface area is 178 Å². The summed E-state index contributed by atoms with van der Waals surface area (Å²) < 4.78 is 10.9. The molecule has 0 aromatic heterocycles. The van der Waals surface area contributed by atoms with Crippen LogP contribution in [0.15, 0.2) is 12.2 Å². The molecule has 4 atom stereocenters. The predicted octanol–water partition coefficient (Wildman–Crippen LogP) is 4.52. The zero-order valence-electron chi connectivity index (χ0n) is 18.6. The first kappa shape index (κ1) is 26.6. The van der Waals surface area contributed by atoms with Crippen LogP contribution in [0.25, 0.3) is 0 Å². The topological polar surface area (TPSA) is 79.2 Å². The average molecular weight is 415 g/mol. The van der Waals surface area contributed by atoms with Gasteiger partial charge in [0.15, 0.2) is 0 Å². The van der Waals surface area contributed by atoms with Crippen molar-refractivity contribution in [3.63, 3.8) is 0 Å². The number of rotatable bonds is 18. The van der Waals surface area contributed by atoms with Crippen LogP contribution in [0.4, 0.5) is 0 Å². The summed E-state index contributed by atoms with van der Waals surface area (Å²) in [7, 11) is 0. The SMILES string of the molecule is CCC/C=C/CCCCCCCCCCCCCOC[C@H]1OC[C@H](O)[C@@H](O)[C@@H]1O. The van der Waals surface area contributed by atoms with Gasteiger partial charge in [-0.25, -0.2) is 0 Å². The molecule has 1 aliphatic rings. The molecule has 0 saturated carbocycles. The van der Waals surface area contributed by atoms with E-state index in [1.807, 2.05) is 0 Å². The van der Waals surface area contributed by atoms with E-state index >= 15 is 0 Å². The smallest absolute Gasteiger partial charge is 0.111 e. The van der Waals surface area contributed by atoms with E-state index in [0.717, 1.165) is 6.42 Å². The van der Waals surface area contributed by atoms with Crippen LogP contribution in [0.5, 0.6) is 0 Å². The molecule has 0 aromatic rings. The molecule has 29 heavy (non-hydrogen) atoms. The number of aliphatic hydroxyl groups is 3. The van der Waals surface area contributed by atoms with Gasteiger partial charge >= 0.3 is 0 Å². The summed E-state index contributed by atoms with van der Waals surface area (Å²) in [5, 5.41) is 28.9. The Hall–Kier alpha value is -0.460. The summed E-state index contributed by atoms with van der Waals surface area (Å²) in [6.45, 7) is 3.18. The third kappa shape index (κ3) is 13.5. The van der Waals surface area contributed by atoms with Gasteiger partial charge in [-0.2, -0.15) is 0 Å². The van der Waals surface area contributed by atoms with E-state index in [9.17, 15) is 15.3 Å². The maximum atomic E-state index is 9.83. The van der Waals surface area contributed by atoms with Crippen molar-refractivity contribution in [1.82, 2.24) is 0 Å². The molecule has 172 valence electrons. The Morgan fingerprint density at radius 1 is 0.759 bits per heavy atom. The van der Waals surface area contributed by atoms with Crippen LogP contribution in [0.3, 0.4) is 0 Å². The summed E-state index contributed by atoms with van der Waals surface area (Å²) >= 11 is 0. The molecule has 0 amide bonds. The molecule has 1 rings (SSSR count). The van der Waals surface area contributed by atoms with E-state index < -0.39 is 24.4 Å². The first-order valence-electron chi connectivity index (χ1n) is 12.0. The molecule has 5 nitrogen and oxygen atoms in total. The second-order valence-electron chi connectivity index (χ2n) is 8.43. The highest BCUT2D eigenvalue weighted by Crippen LogP contribution is 2.16. The van der Waals surface area contributed by atoms with E-state index in [2.05, 4.69) is 19.1 Å². The van der Waals surface area contributed by atoms with Crippen LogP contribution >= 0.6 is 0 Å². The van der Waals surface area contributed by atoms with Crippen molar-refractivity contribution >= 4 is 0 Å². The first-order chi connectivity index (χ1) is 14.2. The Morgan fingerprint density at radius 3 is 1.93 bits per heavy atom. The lowest BCUT2D eigenvalue weighted by Crippen LogP contribution is -2.54. The Kier molecular flexibility index (Phi) is 16.8. The van der Waals surface area contributed by atoms with Crippen molar-refractivity contribution in [2.24, 2.45) is 0 Å². The van der Waals surface area contributed by atoms with Gasteiger partial charge in [-0.05, 0) is 25.7 Å². The number of hydrogen-bond donors (Lipinski definition) is 3. The maximum Gasteiger partial charge on any atom is 0.111 e. The molecule has 0 unspecified atom stereocenters. The lowest BCUT2D eigenvalue weighted by Gasteiger charge is -2.35. The highest BCUT2D eigenvalue weighted by molar-refractivity contribution is 4.86. The lowest BCUT2D eigenvalue weighted by atomic mass is 10.0. The normalized spacial score (nSPS) is 25.1. The number of ether oxygens (including phenoxy) is 2. The van der Waals surface area contributed by atoms with Crippen LogP contribution in [0.2, 0.25) is 0 Å². The monoisotopic (exact) mass is 414 g/mol. The van der Waals surface area contributed by atoms with Gasteiger partial charge in [0.2, 0.25) is 0 Å². The van der Waals surface area contributed by atoms with Crippen molar-refractivity contribution in [2.45, 2.75) is 121 Å². The third-order valence-corrected chi connectivity index (χ3v) is 5.67. The number of unbranched alkanes of at least 4 members (excludes halogenated alkanes) is 12. The standard InChI is InChI=1S/C24H46O5/c1-2-3-4-5-6-7-8-9-10-11-12-13-14-15-16-17-18-28-20-22-24(27)23(26)21(25)19-29-22/h4-5,21-27H,2-3,6-20H2,1H3/b5-4+/t21-,22+,23+,24+/m0/s1. The van der Waals surface area contributed by atoms with Gasteiger partial charge in [-0.3, -0.25) is 0 Å². The summed E-state index contributed by atoms with van der Waals surface area (Å²) in [5.74, 6) is 0. The Morgan fingerprint density at radius 2 is 1.31 bits per heavy atom. The summed E-state index contributed by atoms with van der Waals surface area (Å²) in [4.78, 5) is 0. The number of allylic oxidation sites excluding steroid dienone is 2. The fourth-order valence-corrected chi connectivity index (χ4v) is 3.67. The van der Waals surface area contributed by atoms with Gasteiger partial charge in [0.1, 0.15) is 24.4 Å². The molecule has 1 heterocycles. The minimum absolute atomic E-state index is 0.0443. The highest BCUT2D eigenvalue weighted by Gasteiger charge is 2.37. The van der Waals surface area contributed by atoms with E-state index in [1.54, 1.807) is 0 Å². The Bertz CT molecular complexity index is 387. The maximum absolute atomic E-state index is 9.83. The largest absolute Gasteiger partial charge is 0.388 e. The molecule has 1 saturated heterocycles. The van der Waals surface area contributed by atoms with Gasteiger partial charge in [-0.1, -0.05) is 83.3 Å². The van der Waals surface area contributed by atoms with Gasteiger partial charge in [-0.15, -0.1) is 0 Å². The number of hydrogen-bond acceptors (Lipinski definition) is 5. The van der Waals surface area contributed by atoms with E-state index in [-0.39, 0.29) is 13.2 Å². The average Bonchev–Trinajstić information content (AvgIpc) is 2.72. The molecular formula is C24H46O5. The van der Waals surface area contributed by atoms with Gasteiger partial charge in [0, 0.05) is 6.61 Å². The molecule has 5 heteroatoms. The van der Waals surface area contributed by atoms with Gasteiger partial charge in [0.25, 0.3) is 0 Å². The third-order valence-electron chi connectivity index (χ3n) is 5.67. The fraction of sp³-hybridized carbons (Fsp3) is 0.917. The zero-order chi connectivity index (χ0) is 21.2. The zero-order valence-corrected chi connectivity index (χ0v) is 18.6. The van der Waals surface area contributed by atoms with Crippen molar-refractivity contribution in [3.05, 3.63) is 12.2 Å². The van der Waals surface area contributed by atoms with Crippen LogP contribution < -0.4 is 0 Å². The molecule has 1 aliphatic heterocycles. The van der Waals surface area contributed by atoms with Gasteiger partial charge < -0.3 is 24.8 Å². The minimum Gasteiger partial charge on any atom is -0.388 e. The van der Waals surface area contributed by atoms with Crippen LogP contribution in [0.1, 0.15) is 96.8 Å². The lowest BCUT2D eigenvalue weighted by molar-refractivity contribution is -0.199. The van der Waals surface area contributed by atoms with Crippen molar-refractivity contribution < 1.29 is 24.8 Å². The summed E-state index contributed by atoms with van der Waals surface area (Å²) in [6.07, 6.45) is 18.9. The number of aliphatic hydroxyl groups excluding tert-OH is 3. The van der Waals surface area contributed by atoms with E-state index in [0.29, 0.717) is 6.61 Å². The second-order valence-corrected chi connectivity index (χ2v) is 8.43. The minimum atomic E-state index is -1.15. The molecular weight excluding hydrogens is 368 g/mol. The van der Waals surface area contributed by atoms with Crippen molar-refractivity contribution in [3.8, 4) is 0 Å². The highest BCUT2D eigenvalue weighted by atomic mass is 16.6. The van der Waals surface area contributed by atoms with Crippen LogP contribution in [-0.2, 0) is 9.47 Å². The van der Waals surface area contributed by atoms with Crippen LogP contribution in [0, 0.1) is 0 Å². The molecule has 1 fully saturated rings. The van der Waals surface area contributed by atoms with Crippen molar-refractivity contribution in [1.29, 1.82) is 0 Å². The van der Waals surface area contributed by atoms with Crippen LogP contribution in [-0.4, -0.2) is 59.6 Å². The van der Waals surface area contributed by atoms with Gasteiger partial charge in [0.05, 0.1) is 13.2 Å². The fourth-order valence-electron chi connectivity index (χ4n) is 3.67. The molecule has 0 aliphatic carbocycles. The second kappa shape index (κ2) is 18.3. The first-order valence-corrected chi connectivity index (χ1v) is 12.0. The molecule has 0 aromatic carbocycles. The molecule has 0 spiro atoms. The van der Waals surface area contributed by atoms with Crippen molar-refractivity contribution in [2.75, 3.05) is 19.8 Å².